The Bertz CT molecular complexity index is 7230. The third kappa shape index (κ3) is 11.9. The monoisotopic (exact) mass is 1620 g/mol. The summed E-state index contributed by atoms with van der Waals surface area (Å²) in [5, 5.41) is 2.48. The molecule has 0 aliphatic carbocycles. The SMILES string of the molecule is c1ccc(-c2cc(-c3ccccc3)cc(-c3cc(-c4cc(-c5ccccc5)cc(-c5ccccc5)c4)cc(N4c5ccccc5B5c6c(cccc64)-c4cccc6c4n5c4c5cccc7c5n(c64)B4c5ccccc5N(c5cc(-c6cc(-c8ccccc8)cc(-c8ccccc8)c6)cc(-c6cc(-c8ccccc8)cc(-c8ccccc8)c6)c5)c5cccc-7c54)c3)c2)cc1. The number of para-hydroxylation sites is 4. The Morgan fingerprint density at radius 1 is 0.141 bits per heavy atom. The molecule has 0 atom stereocenters. The maximum Gasteiger partial charge on any atom is 0.333 e. The number of benzene rings is 20. The Morgan fingerprint density at radius 3 is 0.586 bits per heavy atom. The molecule has 4 aliphatic rings. The molecule has 0 saturated heterocycles. The number of hydrogen-bond donors (Lipinski definition) is 0. The highest BCUT2D eigenvalue weighted by molar-refractivity contribution is 6.92. The van der Waals surface area contributed by atoms with Gasteiger partial charge in [0, 0.05) is 67.1 Å². The molecule has 6 heterocycles. The van der Waals surface area contributed by atoms with Gasteiger partial charge in [-0.15, -0.1) is 0 Å². The summed E-state index contributed by atoms with van der Waals surface area (Å²) in [7, 11) is 0. The minimum absolute atomic E-state index is 0.218. The van der Waals surface area contributed by atoms with Crippen LogP contribution in [0.25, 0.3) is 189 Å². The van der Waals surface area contributed by atoms with Crippen LogP contribution in [0.3, 0.4) is 0 Å². The van der Waals surface area contributed by atoms with E-state index >= 15 is 0 Å². The van der Waals surface area contributed by atoms with E-state index in [1.807, 2.05) is 0 Å². The van der Waals surface area contributed by atoms with Gasteiger partial charge in [-0.05, 0) is 300 Å². The van der Waals surface area contributed by atoms with Crippen molar-refractivity contribution in [1.82, 2.24) is 8.96 Å². The summed E-state index contributed by atoms with van der Waals surface area (Å²) < 4.78 is 5.59. The van der Waals surface area contributed by atoms with Crippen LogP contribution in [0.2, 0.25) is 0 Å². The first-order valence-corrected chi connectivity index (χ1v) is 44.5. The van der Waals surface area contributed by atoms with E-state index in [9.17, 15) is 0 Å². The molecule has 0 bridgehead atoms. The fourth-order valence-corrected chi connectivity index (χ4v) is 21.7. The molecule has 0 saturated carbocycles. The molecule has 4 aliphatic heterocycles. The van der Waals surface area contributed by atoms with Crippen molar-refractivity contribution >= 4 is 103 Å². The molecule has 0 fully saturated rings. The van der Waals surface area contributed by atoms with E-state index in [2.05, 4.69) is 492 Å². The number of aromatic nitrogens is 2. The summed E-state index contributed by atoms with van der Waals surface area (Å²) in [6, 6.07) is 178. The number of fused-ring (bicyclic) bond motifs is 13. The zero-order valence-corrected chi connectivity index (χ0v) is 70.0. The quantitative estimate of drug-likeness (QED) is 0.101. The molecule has 0 N–H and O–H groups in total. The van der Waals surface area contributed by atoms with Crippen LogP contribution in [0.15, 0.2) is 473 Å². The summed E-state index contributed by atoms with van der Waals surface area (Å²) in [5.74, 6) is 0. The van der Waals surface area contributed by atoms with Crippen LogP contribution >= 0.6 is 0 Å². The number of anilines is 6. The Kier molecular flexibility index (Phi) is 16.9. The van der Waals surface area contributed by atoms with E-state index < -0.39 is 0 Å². The second-order valence-corrected chi connectivity index (χ2v) is 34.6. The molecule has 0 unspecified atom stereocenters. The van der Waals surface area contributed by atoms with Gasteiger partial charge in [-0.3, -0.25) is 0 Å². The number of hydrogen-bond acceptors (Lipinski definition) is 2. The number of rotatable bonds is 14. The molecule has 592 valence electrons. The summed E-state index contributed by atoms with van der Waals surface area (Å²) >= 11 is 0. The largest absolute Gasteiger partial charge is 0.374 e. The van der Waals surface area contributed by atoms with Crippen LogP contribution in [0, 0.1) is 0 Å². The molecule has 2 aromatic heterocycles. The first-order chi connectivity index (χ1) is 63.5. The third-order valence-electron chi connectivity index (χ3n) is 27.3. The summed E-state index contributed by atoms with van der Waals surface area (Å²) in [5.41, 5.74) is 49.5. The van der Waals surface area contributed by atoms with Crippen molar-refractivity contribution < 1.29 is 0 Å². The van der Waals surface area contributed by atoms with Crippen molar-refractivity contribution in [2.75, 3.05) is 9.80 Å². The minimum Gasteiger partial charge on any atom is -0.374 e. The number of nitrogens with zero attached hydrogens (tertiary/aromatic N) is 4. The van der Waals surface area contributed by atoms with Gasteiger partial charge in [0.25, 0.3) is 0 Å². The predicted octanol–water partition coefficient (Wildman–Crippen LogP) is 29.6. The summed E-state index contributed by atoms with van der Waals surface area (Å²) in [6.45, 7) is -0.436. The maximum atomic E-state index is 2.80. The van der Waals surface area contributed by atoms with Crippen molar-refractivity contribution in [2.24, 2.45) is 0 Å². The van der Waals surface area contributed by atoms with Gasteiger partial charge >= 0.3 is 13.7 Å². The van der Waals surface area contributed by atoms with E-state index in [1.165, 1.54) is 121 Å². The Labute approximate surface area is 745 Å². The minimum atomic E-state index is -0.218. The average molecular weight is 1620 g/mol. The molecule has 4 nitrogen and oxygen atoms in total. The van der Waals surface area contributed by atoms with Gasteiger partial charge < -0.3 is 18.8 Å². The van der Waals surface area contributed by atoms with Gasteiger partial charge in [0.1, 0.15) is 0 Å². The van der Waals surface area contributed by atoms with Crippen LogP contribution in [0.1, 0.15) is 0 Å². The maximum absolute atomic E-state index is 2.80. The van der Waals surface area contributed by atoms with E-state index in [0.29, 0.717) is 0 Å². The topological polar surface area (TPSA) is 16.3 Å². The molecule has 26 rings (SSSR count). The molecular formula is C122H78B2N4. The van der Waals surface area contributed by atoms with E-state index in [-0.39, 0.29) is 13.7 Å². The standard InChI is InChI=1S/C122H78B2N4/c1-9-33-79(34-10-1)87-61-88(80-35-11-2-12-36-80)66-95(65-87)99-73-100(96-67-89(81-37-13-3-14-38-81)62-90(68-96)82-39-15-4-16-40-82)76-103(75-99)125-113-57-27-25-55-111(113)123-117-105(49-31-59-115(117)125)107-51-29-53-109-119(107)127(123)121-110-54-30-52-108-106-50-32-60-116-118(106)124(128(120(108)110)122(109)121)112-56-26-28-58-114(112)126(116)104-77-101(97-69-91(83-41-17-5-18-42-83)63-92(70-97)84-43-19-6-20-44-84)74-102(78-104)98-71-93(85-45-21-7-22-46-85)64-94(72-98)86-47-23-8-24-48-86/h1-78H. The molecule has 6 heteroatoms. The van der Waals surface area contributed by atoms with Crippen LogP contribution in [0.4, 0.5) is 34.1 Å². The normalized spacial score (nSPS) is 12.5. The van der Waals surface area contributed by atoms with Crippen LogP contribution in [0.5, 0.6) is 0 Å². The van der Waals surface area contributed by atoms with Gasteiger partial charge in [0.15, 0.2) is 0 Å². The van der Waals surface area contributed by atoms with Crippen molar-refractivity contribution in [3.05, 3.63) is 473 Å². The molecule has 22 aromatic rings. The van der Waals surface area contributed by atoms with E-state index in [1.54, 1.807) is 0 Å². The summed E-state index contributed by atoms with van der Waals surface area (Å²) in [6.07, 6.45) is 0. The highest BCUT2D eigenvalue weighted by atomic mass is 15.2. The summed E-state index contributed by atoms with van der Waals surface area (Å²) in [4.78, 5) is 5.21. The van der Waals surface area contributed by atoms with Crippen molar-refractivity contribution in [2.45, 2.75) is 0 Å². The van der Waals surface area contributed by atoms with Crippen LogP contribution < -0.4 is 31.7 Å². The van der Waals surface area contributed by atoms with Gasteiger partial charge in [0.05, 0.1) is 11.0 Å². The lowest BCUT2D eigenvalue weighted by Gasteiger charge is -2.40. The Morgan fingerprint density at radius 2 is 0.336 bits per heavy atom. The zero-order chi connectivity index (χ0) is 84.0. The Balaban J connectivity index is 0.675. The average Bonchev–Trinajstić information content (AvgIpc) is 1.49. The highest BCUT2D eigenvalue weighted by Gasteiger charge is 2.48. The molecule has 20 aromatic carbocycles. The van der Waals surface area contributed by atoms with Crippen molar-refractivity contribution in [3.63, 3.8) is 0 Å². The van der Waals surface area contributed by atoms with E-state index in [4.69, 9.17) is 0 Å². The van der Waals surface area contributed by atoms with Gasteiger partial charge in [-0.2, -0.15) is 0 Å². The lowest BCUT2D eigenvalue weighted by atomic mass is 9.45. The van der Waals surface area contributed by atoms with Crippen LogP contribution in [-0.4, -0.2) is 22.7 Å². The fraction of sp³-hybridized carbons (Fsp3) is 0. The fourth-order valence-electron chi connectivity index (χ4n) is 21.7. The lowest BCUT2D eigenvalue weighted by Crippen LogP contribution is -2.56. The van der Waals surface area contributed by atoms with E-state index in [0.717, 1.165) is 123 Å². The molecule has 0 spiro atoms. The Hall–Kier alpha value is -16.5. The third-order valence-corrected chi connectivity index (χ3v) is 27.3. The van der Waals surface area contributed by atoms with Gasteiger partial charge in [0.2, 0.25) is 0 Å². The smallest absolute Gasteiger partial charge is 0.333 e. The molecule has 128 heavy (non-hydrogen) atoms. The molecule has 0 radical (unpaired) electrons. The second kappa shape index (κ2) is 29.6. The lowest BCUT2D eigenvalue weighted by molar-refractivity contribution is 1.25. The van der Waals surface area contributed by atoms with Crippen molar-refractivity contribution in [1.29, 1.82) is 0 Å². The zero-order valence-electron chi connectivity index (χ0n) is 70.0. The van der Waals surface area contributed by atoms with Crippen molar-refractivity contribution in [3.8, 4) is 156 Å². The highest BCUT2D eigenvalue weighted by Crippen LogP contribution is 2.54. The van der Waals surface area contributed by atoms with Gasteiger partial charge in [-0.25, -0.2) is 0 Å². The first-order valence-electron chi connectivity index (χ1n) is 44.5. The molecular weight excluding hydrogens is 1540 g/mol. The molecule has 0 amide bonds. The first kappa shape index (κ1) is 73.0. The second-order valence-electron chi connectivity index (χ2n) is 34.6. The predicted molar refractivity (Wildman–Crippen MR) is 541 cm³/mol. The van der Waals surface area contributed by atoms with Gasteiger partial charge in [-0.1, -0.05) is 340 Å². The van der Waals surface area contributed by atoms with Crippen LogP contribution in [-0.2, 0) is 0 Å².